The second kappa shape index (κ2) is 6.12. The van der Waals surface area contributed by atoms with Gasteiger partial charge in [-0.05, 0) is 34.8 Å². The van der Waals surface area contributed by atoms with Crippen LogP contribution in [0.15, 0.2) is 22.7 Å². The SMILES string of the molecule is CCC(N)(CC)C(=O)Nc1cc([N+](=O)[O-])ccc1Br. The molecule has 1 rings (SSSR count). The Kier molecular flexibility index (Phi) is 5.02. The van der Waals surface area contributed by atoms with E-state index in [2.05, 4.69) is 21.2 Å². The van der Waals surface area contributed by atoms with Crippen LogP contribution in [0.2, 0.25) is 0 Å². The van der Waals surface area contributed by atoms with Crippen molar-refractivity contribution in [2.75, 3.05) is 5.32 Å². The fraction of sp³-hybridized carbons (Fsp3) is 0.417. The van der Waals surface area contributed by atoms with Crippen LogP contribution in [-0.4, -0.2) is 16.4 Å². The summed E-state index contributed by atoms with van der Waals surface area (Å²) < 4.78 is 0.570. The van der Waals surface area contributed by atoms with E-state index in [0.717, 1.165) is 0 Å². The first kappa shape index (κ1) is 15.6. The zero-order valence-corrected chi connectivity index (χ0v) is 12.4. The van der Waals surface area contributed by atoms with Crippen LogP contribution in [0.5, 0.6) is 0 Å². The lowest BCUT2D eigenvalue weighted by Crippen LogP contribution is -2.50. The molecule has 0 spiro atoms. The van der Waals surface area contributed by atoms with Crippen LogP contribution in [0, 0.1) is 10.1 Å². The number of hydrogen-bond donors (Lipinski definition) is 2. The molecule has 0 bridgehead atoms. The van der Waals surface area contributed by atoms with E-state index in [1.165, 1.54) is 18.2 Å². The number of benzene rings is 1. The van der Waals surface area contributed by atoms with Gasteiger partial charge in [0.15, 0.2) is 0 Å². The summed E-state index contributed by atoms with van der Waals surface area (Å²) >= 11 is 3.24. The third-order valence-electron chi connectivity index (χ3n) is 3.12. The van der Waals surface area contributed by atoms with E-state index in [1.807, 2.05) is 13.8 Å². The molecule has 7 heteroatoms. The van der Waals surface area contributed by atoms with Crippen molar-refractivity contribution in [1.29, 1.82) is 0 Å². The van der Waals surface area contributed by atoms with Crippen LogP contribution in [0.1, 0.15) is 26.7 Å². The summed E-state index contributed by atoms with van der Waals surface area (Å²) in [4.78, 5) is 22.3. The van der Waals surface area contributed by atoms with Crippen molar-refractivity contribution in [3.05, 3.63) is 32.8 Å². The summed E-state index contributed by atoms with van der Waals surface area (Å²) in [6.45, 7) is 3.65. The van der Waals surface area contributed by atoms with Gasteiger partial charge in [0.2, 0.25) is 5.91 Å². The summed E-state index contributed by atoms with van der Waals surface area (Å²) in [5, 5.41) is 13.3. The second-order valence-corrected chi connectivity index (χ2v) is 5.09. The fourth-order valence-corrected chi connectivity index (χ4v) is 1.89. The molecule has 0 atom stereocenters. The normalized spacial score (nSPS) is 11.2. The fourth-order valence-electron chi connectivity index (χ4n) is 1.54. The molecule has 0 aliphatic heterocycles. The number of non-ortho nitro benzene ring substituents is 1. The molecule has 1 aromatic rings. The molecule has 6 nitrogen and oxygen atoms in total. The first-order valence-electron chi connectivity index (χ1n) is 5.88. The molecule has 3 N–H and O–H groups in total. The van der Waals surface area contributed by atoms with Gasteiger partial charge in [0.1, 0.15) is 0 Å². The highest BCUT2D eigenvalue weighted by molar-refractivity contribution is 9.10. The summed E-state index contributed by atoms with van der Waals surface area (Å²) in [6, 6.07) is 4.17. The van der Waals surface area contributed by atoms with Gasteiger partial charge < -0.3 is 11.1 Å². The summed E-state index contributed by atoms with van der Waals surface area (Å²) in [5.74, 6) is -0.348. The smallest absolute Gasteiger partial charge is 0.271 e. The van der Waals surface area contributed by atoms with Crippen LogP contribution >= 0.6 is 15.9 Å². The van der Waals surface area contributed by atoms with Crippen molar-refractivity contribution in [3.63, 3.8) is 0 Å². The number of halogens is 1. The van der Waals surface area contributed by atoms with Gasteiger partial charge in [-0.15, -0.1) is 0 Å². The molecule has 0 saturated heterocycles. The molecule has 1 amide bonds. The van der Waals surface area contributed by atoms with E-state index in [0.29, 0.717) is 23.0 Å². The Morgan fingerprint density at radius 3 is 2.53 bits per heavy atom. The highest BCUT2D eigenvalue weighted by Crippen LogP contribution is 2.28. The van der Waals surface area contributed by atoms with Crippen LogP contribution in [0.25, 0.3) is 0 Å². The predicted molar refractivity (Wildman–Crippen MR) is 76.9 cm³/mol. The molecule has 0 saturated carbocycles. The van der Waals surface area contributed by atoms with Crippen molar-refractivity contribution >= 4 is 33.2 Å². The van der Waals surface area contributed by atoms with Gasteiger partial charge in [-0.3, -0.25) is 14.9 Å². The molecule has 0 aliphatic carbocycles. The Balaban J connectivity index is 3.02. The van der Waals surface area contributed by atoms with Crippen LogP contribution in [0.4, 0.5) is 11.4 Å². The highest BCUT2D eigenvalue weighted by atomic mass is 79.9. The first-order chi connectivity index (χ1) is 8.84. The standard InChI is InChI=1S/C12H16BrN3O3/c1-3-12(14,4-2)11(17)15-10-7-8(16(18)19)5-6-9(10)13/h5-7H,3-4,14H2,1-2H3,(H,15,17). The number of nitrogens with two attached hydrogens (primary N) is 1. The van der Waals surface area contributed by atoms with E-state index < -0.39 is 10.5 Å². The number of carbonyl (C=O) groups excluding carboxylic acids is 1. The molecular weight excluding hydrogens is 314 g/mol. The quantitative estimate of drug-likeness (QED) is 0.640. The van der Waals surface area contributed by atoms with E-state index in [9.17, 15) is 14.9 Å². The Labute approximate surface area is 119 Å². The minimum absolute atomic E-state index is 0.0888. The van der Waals surface area contributed by atoms with Gasteiger partial charge in [-0.2, -0.15) is 0 Å². The number of nitro benzene ring substituents is 1. The van der Waals surface area contributed by atoms with E-state index in [1.54, 1.807) is 0 Å². The number of nitro groups is 1. The average molecular weight is 330 g/mol. The average Bonchev–Trinajstić information content (AvgIpc) is 2.39. The minimum Gasteiger partial charge on any atom is -0.323 e. The number of hydrogen-bond acceptors (Lipinski definition) is 4. The third kappa shape index (κ3) is 3.51. The Bertz CT molecular complexity index is 501. The molecule has 104 valence electrons. The van der Waals surface area contributed by atoms with Gasteiger partial charge >= 0.3 is 0 Å². The summed E-state index contributed by atoms with van der Waals surface area (Å²) in [5.41, 5.74) is 5.26. The maximum Gasteiger partial charge on any atom is 0.271 e. The van der Waals surface area contributed by atoms with E-state index in [-0.39, 0.29) is 11.6 Å². The number of anilines is 1. The van der Waals surface area contributed by atoms with Crippen LogP contribution in [0.3, 0.4) is 0 Å². The van der Waals surface area contributed by atoms with Crippen LogP contribution < -0.4 is 11.1 Å². The molecule has 0 aliphatic rings. The lowest BCUT2D eigenvalue weighted by atomic mass is 9.93. The molecule has 0 unspecified atom stereocenters. The van der Waals surface area contributed by atoms with Gasteiger partial charge in [0.25, 0.3) is 5.69 Å². The van der Waals surface area contributed by atoms with Crippen molar-refractivity contribution in [2.45, 2.75) is 32.2 Å². The Hall–Kier alpha value is -1.47. The Morgan fingerprint density at radius 1 is 1.47 bits per heavy atom. The number of rotatable bonds is 5. The topological polar surface area (TPSA) is 98.3 Å². The van der Waals surface area contributed by atoms with E-state index in [4.69, 9.17) is 5.73 Å². The summed E-state index contributed by atoms with van der Waals surface area (Å²) in [7, 11) is 0. The number of nitrogens with one attached hydrogen (secondary N) is 1. The number of carbonyl (C=O) groups is 1. The molecule has 0 fully saturated rings. The zero-order valence-electron chi connectivity index (χ0n) is 10.8. The molecule has 0 radical (unpaired) electrons. The molecule has 1 aromatic carbocycles. The monoisotopic (exact) mass is 329 g/mol. The van der Waals surface area contributed by atoms with Gasteiger partial charge in [-0.25, -0.2) is 0 Å². The van der Waals surface area contributed by atoms with Crippen molar-refractivity contribution in [2.24, 2.45) is 5.73 Å². The molecule has 0 heterocycles. The number of nitrogens with zero attached hydrogens (tertiary/aromatic N) is 1. The van der Waals surface area contributed by atoms with Crippen molar-refractivity contribution in [3.8, 4) is 0 Å². The lowest BCUT2D eigenvalue weighted by molar-refractivity contribution is -0.384. The third-order valence-corrected chi connectivity index (χ3v) is 3.81. The maximum atomic E-state index is 12.1. The van der Waals surface area contributed by atoms with Crippen LogP contribution in [-0.2, 0) is 4.79 Å². The second-order valence-electron chi connectivity index (χ2n) is 4.24. The van der Waals surface area contributed by atoms with Gasteiger partial charge in [0, 0.05) is 16.6 Å². The molecular formula is C12H16BrN3O3. The van der Waals surface area contributed by atoms with Crippen molar-refractivity contribution in [1.82, 2.24) is 0 Å². The van der Waals surface area contributed by atoms with Gasteiger partial charge in [-0.1, -0.05) is 13.8 Å². The number of amides is 1. The first-order valence-corrected chi connectivity index (χ1v) is 6.67. The maximum absolute atomic E-state index is 12.1. The molecule has 19 heavy (non-hydrogen) atoms. The highest BCUT2D eigenvalue weighted by Gasteiger charge is 2.30. The lowest BCUT2D eigenvalue weighted by Gasteiger charge is -2.25. The predicted octanol–water partition coefficient (Wildman–Crippen LogP) is 2.81. The minimum atomic E-state index is -0.968. The largest absolute Gasteiger partial charge is 0.323 e. The summed E-state index contributed by atoms with van der Waals surface area (Å²) in [6.07, 6.45) is 0.976. The van der Waals surface area contributed by atoms with Gasteiger partial charge in [0.05, 0.1) is 16.1 Å². The molecule has 0 aromatic heterocycles. The zero-order chi connectivity index (χ0) is 14.6. The Morgan fingerprint density at radius 2 is 2.05 bits per heavy atom. The van der Waals surface area contributed by atoms with Crippen molar-refractivity contribution < 1.29 is 9.72 Å². The van der Waals surface area contributed by atoms with E-state index >= 15 is 0 Å².